The van der Waals surface area contributed by atoms with Gasteiger partial charge in [0.05, 0.1) is 5.71 Å². The second-order valence-corrected chi connectivity index (χ2v) is 3.01. The number of nitrogens with zero attached hydrogens (tertiary/aromatic N) is 2. The predicted molar refractivity (Wildman–Crippen MR) is 49.7 cm³/mol. The van der Waals surface area contributed by atoms with Crippen LogP contribution in [0.3, 0.4) is 0 Å². The molecule has 0 saturated carbocycles. The van der Waals surface area contributed by atoms with Crippen molar-refractivity contribution in [3.05, 3.63) is 29.8 Å². The van der Waals surface area contributed by atoms with Crippen molar-refractivity contribution in [1.29, 1.82) is 5.26 Å². The van der Waals surface area contributed by atoms with E-state index in [4.69, 9.17) is 15.2 Å². The topological polar surface area (TPSA) is 65.6 Å². The number of hydrogen-bond acceptors (Lipinski definition) is 4. The SMILES string of the molecule is N#C[C@@H]1CC(c2ccc(O)cc2)=NO1. The molecule has 4 heteroatoms. The molecule has 1 aliphatic rings. The van der Waals surface area contributed by atoms with Gasteiger partial charge in [0.1, 0.15) is 11.8 Å². The van der Waals surface area contributed by atoms with E-state index in [1.165, 1.54) is 0 Å². The number of benzene rings is 1. The van der Waals surface area contributed by atoms with E-state index in [0.29, 0.717) is 6.42 Å². The van der Waals surface area contributed by atoms with Crippen LogP contribution in [0.5, 0.6) is 5.75 Å². The Balaban J connectivity index is 2.18. The van der Waals surface area contributed by atoms with Crippen LogP contribution in [0.4, 0.5) is 0 Å². The maximum Gasteiger partial charge on any atom is 0.218 e. The van der Waals surface area contributed by atoms with Gasteiger partial charge >= 0.3 is 0 Å². The van der Waals surface area contributed by atoms with Crippen molar-refractivity contribution in [1.82, 2.24) is 0 Å². The summed E-state index contributed by atoms with van der Waals surface area (Å²) in [6.45, 7) is 0. The quantitative estimate of drug-likeness (QED) is 0.724. The second-order valence-electron chi connectivity index (χ2n) is 3.01. The molecule has 0 unspecified atom stereocenters. The van der Waals surface area contributed by atoms with Gasteiger partial charge < -0.3 is 9.94 Å². The number of phenolic OH excluding ortho intramolecular Hbond substituents is 1. The van der Waals surface area contributed by atoms with Gasteiger partial charge in [0.25, 0.3) is 0 Å². The van der Waals surface area contributed by atoms with E-state index in [0.717, 1.165) is 11.3 Å². The minimum atomic E-state index is -0.473. The summed E-state index contributed by atoms with van der Waals surface area (Å²) in [5.74, 6) is 0.213. The minimum Gasteiger partial charge on any atom is -0.508 e. The molecule has 0 fully saturated rings. The Hall–Kier alpha value is -2.02. The van der Waals surface area contributed by atoms with E-state index in [-0.39, 0.29) is 5.75 Å². The molecule has 1 aromatic rings. The number of oxime groups is 1. The Kier molecular flexibility index (Phi) is 2.07. The first kappa shape index (κ1) is 8.57. The van der Waals surface area contributed by atoms with Gasteiger partial charge in [-0.05, 0) is 29.8 Å². The molecule has 0 aliphatic carbocycles. The lowest BCUT2D eigenvalue weighted by Crippen LogP contribution is -2.04. The van der Waals surface area contributed by atoms with Crippen molar-refractivity contribution >= 4 is 5.71 Å². The Morgan fingerprint density at radius 2 is 2.14 bits per heavy atom. The van der Waals surface area contributed by atoms with Crippen LogP contribution >= 0.6 is 0 Å². The summed E-state index contributed by atoms with van der Waals surface area (Å²) < 4.78 is 0. The first-order chi connectivity index (χ1) is 6.79. The Bertz CT molecular complexity index is 403. The molecule has 0 spiro atoms. The Morgan fingerprint density at radius 3 is 2.71 bits per heavy atom. The van der Waals surface area contributed by atoms with Gasteiger partial charge in [-0.2, -0.15) is 5.26 Å². The lowest BCUT2D eigenvalue weighted by atomic mass is 10.1. The summed E-state index contributed by atoms with van der Waals surface area (Å²) in [4.78, 5) is 4.86. The average Bonchev–Trinajstić information content (AvgIpc) is 2.67. The van der Waals surface area contributed by atoms with Crippen LogP contribution < -0.4 is 0 Å². The standard InChI is InChI=1S/C10H8N2O2/c11-6-9-5-10(12-14-9)7-1-3-8(13)4-2-7/h1-4,9,13H,5H2/t9-/m0/s1. The van der Waals surface area contributed by atoms with Crippen molar-refractivity contribution in [2.24, 2.45) is 5.16 Å². The molecule has 2 rings (SSSR count). The highest BCUT2D eigenvalue weighted by Gasteiger charge is 2.21. The maximum atomic E-state index is 9.07. The third-order valence-electron chi connectivity index (χ3n) is 2.01. The molecule has 0 bridgehead atoms. The normalized spacial score (nSPS) is 19.6. The van der Waals surface area contributed by atoms with Crippen molar-refractivity contribution in [2.75, 3.05) is 0 Å². The molecule has 4 nitrogen and oxygen atoms in total. The maximum absolute atomic E-state index is 9.07. The van der Waals surface area contributed by atoms with Gasteiger partial charge in [-0.25, -0.2) is 0 Å². The Labute approximate surface area is 81.0 Å². The van der Waals surface area contributed by atoms with Crippen LogP contribution in [-0.4, -0.2) is 16.9 Å². The first-order valence-corrected chi connectivity index (χ1v) is 4.21. The van der Waals surface area contributed by atoms with Gasteiger partial charge in [-0.15, -0.1) is 0 Å². The van der Waals surface area contributed by atoms with Crippen LogP contribution in [0.2, 0.25) is 0 Å². The average molecular weight is 188 g/mol. The van der Waals surface area contributed by atoms with Gasteiger partial charge in [0.15, 0.2) is 0 Å². The van der Waals surface area contributed by atoms with E-state index in [1.54, 1.807) is 24.3 Å². The second kappa shape index (κ2) is 3.38. The monoisotopic (exact) mass is 188 g/mol. The molecule has 1 aromatic carbocycles. The molecule has 1 aliphatic heterocycles. The van der Waals surface area contributed by atoms with Crippen LogP contribution in [0.25, 0.3) is 0 Å². The third-order valence-corrected chi connectivity index (χ3v) is 2.01. The summed E-state index contributed by atoms with van der Waals surface area (Å²) in [5.41, 5.74) is 1.62. The number of nitriles is 1. The molecular formula is C10H8N2O2. The van der Waals surface area contributed by atoms with Gasteiger partial charge in [0.2, 0.25) is 6.10 Å². The predicted octanol–water partition coefficient (Wildman–Crippen LogP) is 1.41. The molecule has 1 atom stereocenters. The summed E-state index contributed by atoms with van der Waals surface area (Å²) in [7, 11) is 0. The fourth-order valence-electron chi connectivity index (χ4n) is 1.27. The van der Waals surface area contributed by atoms with Gasteiger partial charge in [-0.1, -0.05) is 5.16 Å². The van der Waals surface area contributed by atoms with Crippen molar-refractivity contribution < 1.29 is 9.94 Å². The van der Waals surface area contributed by atoms with Crippen molar-refractivity contribution in [2.45, 2.75) is 12.5 Å². The van der Waals surface area contributed by atoms with Crippen LogP contribution in [-0.2, 0) is 4.84 Å². The summed E-state index contributed by atoms with van der Waals surface area (Å²) in [6.07, 6.45) is 0.0279. The van der Waals surface area contributed by atoms with Crippen molar-refractivity contribution in [3.8, 4) is 11.8 Å². The van der Waals surface area contributed by atoms with Crippen LogP contribution in [0.15, 0.2) is 29.4 Å². The molecule has 1 N–H and O–H groups in total. The molecule has 0 aromatic heterocycles. The van der Waals surface area contributed by atoms with Gasteiger partial charge in [0, 0.05) is 6.42 Å². The molecule has 1 heterocycles. The zero-order valence-electron chi connectivity index (χ0n) is 7.34. The summed E-state index contributed by atoms with van der Waals surface area (Å²) in [5, 5.41) is 21.5. The van der Waals surface area contributed by atoms with E-state index in [9.17, 15) is 0 Å². The zero-order chi connectivity index (χ0) is 9.97. The van der Waals surface area contributed by atoms with Crippen LogP contribution in [0, 0.1) is 11.3 Å². The summed E-state index contributed by atoms with van der Waals surface area (Å²) in [6, 6.07) is 8.65. The van der Waals surface area contributed by atoms with E-state index < -0.39 is 6.10 Å². The molecular weight excluding hydrogens is 180 g/mol. The lowest BCUT2D eigenvalue weighted by Gasteiger charge is -1.97. The van der Waals surface area contributed by atoms with Crippen LogP contribution in [0.1, 0.15) is 12.0 Å². The van der Waals surface area contributed by atoms with E-state index >= 15 is 0 Å². The molecule has 0 saturated heterocycles. The smallest absolute Gasteiger partial charge is 0.218 e. The van der Waals surface area contributed by atoms with Gasteiger partial charge in [-0.3, -0.25) is 0 Å². The number of rotatable bonds is 1. The fourth-order valence-corrected chi connectivity index (χ4v) is 1.27. The highest BCUT2D eigenvalue weighted by atomic mass is 16.6. The first-order valence-electron chi connectivity index (χ1n) is 4.21. The zero-order valence-corrected chi connectivity index (χ0v) is 7.34. The fraction of sp³-hybridized carbons (Fsp3) is 0.200. The number of hydrogen-bond donors (Lipinski definition) is 1. The lowest BCUT2D eigenvalue weighted by molar-refractivity contribution is 0.125. The number of phenols is 1. The molecule has 0 amide bonds. The van der Waals surface area contributed by atoms with E-state index in [2.05, 4.69) is 5.16 Å². The highest BCUT2D eigenvalue weighted by molar-refractivity contribution is 6.01. The molecule has 14 heavy (non-hydrogen) atoms. The minimum absolute atomic E-state index is 0.213. The molecule has 70 valence electrons. The molecule has 0 radical (unpaired) electrons. The number of aromatic hydroxyl groups is 1. The summed E-state index contributed by atoms with van der Waals surface area (Å²) >= 11 is 0. The van der Waals surface area contributed by atoms with E-state index in [1.807, 2.05) is 6.07 Å². The largest absolute Gasteiger partial charge is 0.508 e. The van der Waals surface area contributed by atoms with Crippen molar-refractivity contribution in [3.63, 3.8) is 0 Å². The third kappa shape index (κ3) is 1.52. The Morgan fingerprint density at radius 1 is 1.43 bits per heavy atom. The highest BCUT2D eigenvalue weighted by Crippen LogP contribution is 2.18.